The number of carbonyl (C=O) groups excluding carboxylic acids is 3. The van der Waals surface area contributed by atoms with Gasteiger partial charge < -0.3 is 25.4 Å². The van der Waals surface area contributed by atoms with Crippen LogP contribution >= 0.6 is 0 Å². The Morgan fingerprint density at radius 1 is 1.28 bits per heavy atom. The van der Waals surface area contributed by atoms with Crippen LogP contribution in [0.4, 0.5) is 28.9 Å². The zero-order chi connectivity index (χ0) is 23.4. The molecule has 1 aliphatic carbocycles. The number of amides is 3. The van der Waals surface area contributed by atoms with Gasteiger partial charge in [0, 0.05) is 24.3 Å². The van der Waals surface area contributed by atoms with Gasteiger partial charge in [0.2, 0.25) is 5.91 Å². The molecule has 1 aliphatic heterocycles. The molecule has 0 radical (unpaired) electrons. The molecule has 176 valence electrons. The lowest BCUT2D eigenvalue weighted by atomic mass is 10.1. The van der Waals surface area contributed by atoms with Crippen molar-refractivity contribution in [3.05, 3.63) is 18.2 Å². The first kappa shape index (κ1) is 23.7. The van der Waals surface area contributed by atoms with E-state index in [0.717, 1.165) is 11.0 Å². The van der Waals surface area contributed by atoms with Gasteiger partial charge >= 0.3 is 6.61 Å². The van der Waals surface area contributed by atoms with Crippen LogP contribution in [0.2, 0.25) is 0 Å². The Bertz CT molecular complexity index is 868. The molecule has 0 spiro atoms. The van der Waals surface area contributed by atoms with Crippen LogP contribution in [0, 0.1) is 0 Å². The predicted octanol–water partition coefficient (Wildman–Crippen LogP) is 1.17. The molecule has 13 heteroatoms. The van der Waals surface area contributed by atoms with Gasteiger partial charge in [-0.2, -0.15) is 8.78 Å². The van der Waals surface area contributed by atoms with Gasteiger partial charge in [-0.05, 0) is 25.0 Å². The summed E-state index contributed by atoms with van der Waals surface area (Å²) < 4.78 is 61.4. The van der Waals surface area contributed by atoms with Crippen molar-refractivity contribution in [1.82, 2.24) is 4.90 Å². The molecule has 3 amide bonds. The van der Waals surface area contributed by atoms with Gasteiger partial charge in [0.05, 0.1) is 18.8 Å². The van der Waals surface area contributed by atoms with E-state index in [1.54, 1.807) is 0 Å². The number of nitrogens with one attached hydrogen (secondary N) is 1. The third kappa shape index (κ3) is 5.85. The average molecular weight is 462 g/mol. The van der Waals surface area contributed by atoms with Crippen molar-refractivity contribution in [3.8, 4) is 5.75 Å². The number of morpholine rings is 1. The Morgan fingerprint density at radius 3 is 2.56 bits per heavy atom. The standard InChI is InChI=1S/C19H22F4N4O5/c20-14(21)8-27(10-1-2-10)16(17(24)29)18(30)25-12-4-3-11(7-13(12)32-19(22)23)26-5-6-31-9-15(26)28/h3-4,7,10,14,16,19H,1-2,5-6,8-9H2,(H2,24,29)(H,25,30)/t16-/m0/s1. The number of halogens is 4. The number of hydrogen-bond donors (Lipinski definition) is 2. The SMILES string of the molecule is NC(=O)[C@@H](C(=O)Nc1ccc(N2CCOCC2=O)cc1OC(F)F)N(CC(F)F)C1CC1. The number of hydrogen-bond acceptors (Lipinski definition) is 6. The molecule has 3 N–H and O–H groups in total. The van der Waals surface area contributed by atoms with Crippen LogP contribution in [0.3, 0.4) is 0 Å². The lowest BCUT2D eigenvalue weighted by Gasteiger charge is -2.29. The summed E-state index contributed by atoms with van der Waals surface area (Å²) in [4.78, 5) is 39.0. The Kier molecular flexibility index (Phi) is 7.51. The highest BCUT2D eigenvalue weighted by molar-refractivity contribution is 6.10. The van der Waals surface area contributed by atoms with Crippen molar-refractivity contribution >= 4 is 29.1 Å². The molecule has 9 nitrogen and oxygen atoms in total. The highest BCUT2D eigenvalue weighted by Gasteiger charge is 2.42. The first-order chi connectivity index (χ1) is 15.2. The number of rotatable bonds is 10. The van der Waals surface area contributed by atoms with E-state index in [1.807, 2.05) is 0 Å². The van der Waals surface area contributed by atoms with Crippen molar-refractivity contribution in [2.24, 2.45) is 5.73 Å². The van der Waals surface area contributed by atoms with Gasteiger partial charge in [0.15, 0.2) is 11.8 Å². The normalized spacial score (nSPS) is 17.7. The summed E-state index contributed by atoms with van der Waals surface area (Å²) in [5.74, 6) is -3.07. The summed E-state index contributed by atoms with van der Waals surface area (Å²) in [6.07, 6.45) is -1.77. The molecular weight excluding hydrogens is 440 g/mol. The van der Waals surface area contributed by atoms with Crippen molar-refractivity contribution in [1.29, 1.82) is 0 Å². The molecule has 1 aromatic rings. The zero-order valence-corrected chi connectivity index (χ0v) is 16.8. The summed E-state index contributed by atoms with van der Waals surface area (Å²) in [7, 11) is 0. The van der Waals surface area contributed by atoms with E-state index in [1.165, 1.54) is 17.0 Å². The minimum absolute atomic E-state index is 0.176. The minimum atomic E-state index is -3.25. The Labute approximate surface area is 180 Å². The van der Waals surface area contributed by atoms with E-state index < -0.39 is 55.1 Å². The van der Waals surface area contributed by atoms with Crippen LogP contribution in [0.25, 0.3) is 0 Å². The van der Waals surface area contributed by atoms with Gasteiger partial charge in [0.1, 0.15) is 6.61 Å². The second-order valence-electron chi connectivity index (χ2n) is 7.27. The number of carbonyl (C=O) groups is 3. The Hall–Kier alpha value is -2.93. The molecular formula is C19H22F4N4O5. The molecule has 0 aromatic heterocycles. The van der Waals surface area contributed by atoms with E-state index in [2.05, 4.69) is 10.1 Å². The lowest BCUT2D eigenvalue weighted by Crippen LogP contribution is -2.54. The van der Waals surface area contributed by atoms with Crippen LogP contribution in [-0.4, -0.2) is 74.0 Å². The Balaban J connectivity index is 1.85. The Morgan fingerprint density at radius 2 is 2.00 bits per heavy atom. The minimum Gasteiger partial charge on any atom is -0.433 e. The number of alkyl halides is 4. The van der Waals surface area contributed by atoms with E-state index in [-0.39, 0.29) is 31.1 Å². The van der Waals surface area contributed by atoms with Gasteiger partial charge in [-0.15, -0.1) is 0 Å². The van der Waals surface area contributed by atoms with Crippen LogP contribution in [0.15, 0.2) is 18.2 Å². The number of nitrogens with two attached hydrogens (primary N) is 1. The number of primary amides is 1. The molecule has 0 bridgehead atoms. The summed E-state index contributed by atoms with van der Waals surface area (Å²) in [6, 6.07) is 1.59. The molecule has 2 aliphatic rings. The quantitative estimate of drug-likeness (QED) is 0.399. The topological polar surface area (TPSA) is 114 Å². The summed E-state index contributed by atoms with van der Waals surface area (Å²) in [5.41, 5.74) is 5.29. The second-order valence-corrected chi connectivity index (χ2v) is 7.27. The first-order valence-electron chi connectivity index (χ1n) is 9.78. The molecule has 1 aromatic carbocycles. The van der Waals surface area contributed by atoms with Crippen molar-refractivity contribution in [2.75, 3.05) is 36.5 Å². The maximum atomic E-state index is 13.0. The second kappa shape index (κ2) is 10.1. The average Bonchev–Trinajstić information content (AvgIpc) is 3.53. The van der Waals surface area contributed by atoms with E-state index in [0.29, 0.717) is 12.8 Å². The van der Waals surface area contributed by atoms with Gasteiger partial charge in [-0.25, -0.2) is 8.78 Å². The fourth-order valence-electron chi connectivity index (χ4n) is 3.44. The van der Waals surface area contributed by atoms with E-state index >= 15 is 0 Å². The lowest BCUT2D eigenvalue weighted by molar-refractivity contribution is -0.133. The summed E-state index contributed by atoms with van der Waals surface area (Å²) in [5, 5.41) is 2.26. The van der Waals surface area contributed by atoms with E-state index in [4.69, 9.17) is 10.5 Å². The molecule has 3 rings (SSSR count). The monoisotopic (exact) mass is 462 g/mol. The molecule has 1 heterocycles. The zero-order valence-electron chi connectivity index (χ0n) is 16.8. The molecule has 0 unspecified atom stereocenters. The number of anilines is 2. The molecule has 32 heavy (non-hydrogen) atoms. The van der Waals surface area contributed by atoms with Crippen molar-refractivity contribution < 1.29 is 41.4 Å². The maximum absolute atomic E-state index is 13.0. The highest BCUT2D eigenvalue weighted by Crippen LogP contribution is 2.33. The van der Waals surface area contributed by atoms with Crippen LogP contribution in [0.5, 0.6) is 5.75 Å². The van der Waals surface area contributed by atoms with Crippen molar-refractivity contribution in [2.45, 2.75) is 38.0 Å². The fourth-order valence-corrected chi connectivity index (χ4v) is 3.44. The number of benzene rings is 1. The molecule has 1 saturated heterocycles. The number of ether oxygens (including phenoxy) is 2. The maximum Gasteiger partial charge on any atom is 0.387 e. The van der Waals surface area contributed by atoms with Crippen LogP contribution in [-0.2, 0) is 19.1 Å². The number of nitrogens with zero attached hydrogens (tertiary/aromatic N) is 2. The van der Waals surface area contributed by atoms with Gasteiger partial charge in [-0.1, -0.05) is 0 Å². The third-order valence-electron chi connectivity index (χ3n) is 4.95. The molecule has 1 atom stereocenters. The predicted molar refractivity (Wildman–Crippen MR) is 104 cm³/mol. The molecule has 2 fully saturated rings. The largest absolute Gasteiger partial charge is 0.433 e. The molecule has 1 saturated carbocycles. The third-order valence-corrected chi connectivity index (χ3v) is 4.95. The van der Waals surface area contributed by atoms with E-state index in [9.17, 15) is 31.9 Å². The highest BCUT2D eigenvalue weighted by atomic mass is 19.3. The van der Waals surface area contributed by atoms with Gasteiger partial charge in [-0.3, -0.25) is 19.3 Å². The first-order valence-corrected chi connectivity index (χ1v) is 9.78. The van der Waals surface area contributed by atoms with Gasteiger partial charge in [0.25, 0.3) is 18.2 Å². The van der Waals surface area contributed by atoms with Crippen molar-refractivity contribution in [3.63, 3.8) is 0 Å². The summed E-state index contributed by atoms with van der Waals surface area (Å²) in [6.45, 7) is -3.84. The smallest absolute Gasteiger partial charge is 0.387 e. The summed E-state index contributed by atoms with van der Waals surface area (Å²) >= 11 is 0. The van der Waals surface area contributed by atoms with Crippen LogP contribution in [0.1, 0.15) is 12.8 Å². The van der Waals surface area contributed by atoms with Crippen LogP contribution < -0.4 is 20.7 Å². The fraction of sp³-hybridized carbons (Fsp3) is 0.526.